The molecule has 148 valence electrons. The second-order valence-electron chi connectivity index (χ2n) is 6.19. The molecular formula is C19H25N7OS. The maximum atomic E-state index is 5.17. The van der Waals surface area contributed by atoms with Crippen molar-refractivity contribution in [3.63, 3.8) is 0 Å². The number of aromatic nitrogens is 4. The van der Waals surface area contributed by atoms with Gasteiger partial charge in [0.1, 0.15) is 11.6 Å². The molecule has 2 aromatic heterocycles. The quantitative estimate of drug-likeness (QED) is 0.417. The molecule has 3 rings (SSSR count). The minimum Gasteiger partial charge on any atom is -0.497 e. The number of rotatable bonds is 7. The van der Waals surface area contributed by atoms with Gasteiger partial charge in [-0.15, -0.1) is 11.3 Å². The number of hydrogen-bond donors (Lipinski definition) is 3. The topological polar surface area (TPSA) is 100 Å². The van der Waals surface area contributed by atoms with Crippen LogP contribution in [-0.4, -0.2) is 46.8 Å². The Morgan fingerprint density at radius 3 is 2.61 bits per heavy atom. The van der Waals surface area contributed by atoms with Gasteiger partial charge in [0.25, 0.3) is 0 Å². The molecule has 3 N–H and O–H groups in total. The summed E-state index contributed by atoms with van der Waals surface area (Å²) < 4.78 is 5.17. The van der Waals surface area contributed by atoms with Crippen molar-refractivity contribution in [1.29, 1.82) is 0 Å². The van der Waals surface area contributed by atoms with E-state index in [-0.39, 0.29) is 0 Å². The van der Waals surface area contributed by atoms with Gasteiger partial charge in [-0.3, -0.25) is 10.1 Å². The number of benzene rings is 1. The van der Waals surface area contributed by atoms with Gasteiger partial charge in [0, 0.05) is 30.5 Å². The Kier molecular flexibility index (Phi) is 6.59. The number of guanidine groups is 1. The fourth-order valence-corrected chi connectivity index (χ4v) is 3.50. The molecule has 0 saturated carbocycles. The highest BCUT2D eigenvalue weighted by atomic mass is 32.1. The highest BCUT2D eigenvalue weighted by Crippen LogP contribution is 2.19. The van der Waals surface area contributed by atoms with Crippen LogP contribution in [0.25, 0.3) is 11.4 Å². The van der Waals surface area contributed by atoms with E-state index in [4.69, 9.17) is 4.74 Å². The summed E-state index contributed by atoms with van der Waals surface area (Å²) in [5, 5.41) is 14.9. The summed E-state index contributed by atoms with van der Waals surface area (Å²) in [5.41, 5.74) is 2.04. The average molecular weight is 400 g/mol. The van der Waals surface area contributed by atoms with Crippen LogP contribution in [0.15, 0.2) is 29.3 Å². The normalized spacial score (nSPS) is 11.5. The number of hydrogen-bond acceptors (Lipinski definition) is 6. The number of thiazole rings is 1. The molecule has 0 atom stereocenters. The van der Waals surface area contributed by atoms with Gasteiger partial charge in [-0.25, -0.2) is 9.97 Å². The van der Waals surface area contributed by atoms with Gasteiger partial charge in [0.05, 0.1) is 24.4 Å². The van der Waals surface area contributed by atoms with Crippen LogP contribution < -0.4 is 15.4 Å². The molecule has 9 heteroatoms. The number of nitrogens with one attached hydrogen (secondary N) is 3. The summed E-state index contributed by atoms with van der Waals surface area (Å²) in [6, 6.07) is 7.64. The average Bonchev–Trinajstić information content (AvgIpc) is 3.31. The minimum atomic E-state index is 0.498. The zero-order valence-electron chi connectivity index (χ0n) is 16.5. The summed E-state index contributed by atoms with van der Waals surface area (Å²) in [7, 11) is 3.39. The van der Waals surface area contributed by atoms with Gasteiger partial charge in [-0.1, -0.05) is 0 Å². The van der Waals surface area contributed by atoms with Gasteiger partial charge in [0.15, 0.2) is 11.8 Å². The summed E-state index contributed by atoms with van der Waals surface area (Å²) in [4.78, 5) is 14.6. The van der Waals surface area contributed by atoms with E-state index in [0.29, 0.717) is 18.3 Å². The zero-order valence-corrected chi connectivity index (χ0v) is 17.4. The maximum Gasteiger partial charge on any atom is 0.191 e. The van der Waals surface area contributed by atoms with Crippen LogP contribution in [0.5, 0.6) is 5.75 Å². The van der Waals surface area contributed by atoms with E-state index in [9.17, 15) is 0 Å². The number of aromatic amines is 1. The third-order valence-corrected chi connectivity index (χ3v) is 5.36. The van der Waals surface area contributed by atoms with Crippen molar-refractivity contribution in [2.45, 2.75) is 26.8 Å². The number of methoxy groups -OCH3 is 1. The van der Waals surface area contributed by atoms with Crippen LogP contribution in [0.3, 0.4) is 0 Å². The van der Waals surface area contributed by atoms with E-state index in [1.54, 1.807) is 25.5 Å². The Labute approximate surface area is 168 Å². The van der Waals surface area contributed by atoms with E-state index in [0.717, 1.165) is 40.8 Å². The van der Waals surface area contributed by atoms with Gasteiger partial charge in [-0.2, -0.15) is 5.10 Å². The van der Waals surface area contributed by atoms with Crippen molar-refractivity contribution in [3.05, 3.63) is 45.7 Å². The second kappa shape index (κ2) is 9.32. The summed E-state index contributed by atoms with van der Waals surface area (Å²) in [6.07, 6.45) is 0.865. The lowest BCUT2D eigenvalue weighted by Crippen LogP contribution is -2.38. The van der Waals surface area contributed by atoms with Gasteiger partial charge < -0.3 is 15.4 Å². The SMILES string of the molecule is CN=C(NCCc1nc(C)c(C)s1)NCc1nc(-c2ccc(OC)cc2)n[nH]1. The molecule has 0 unspecified atom stereocenters. The Balaban J connectivity index is 1.49. The van der Waals surface area contributed by atoms with Crippen LogP contribution >= 0.6 is 11.3 Å². The van der Waals surface area contributed by atoms with Crippen molar-refractivity contribution < 1.29 is 4.74 Å². The predicted octanol–water partition coefficient (Wildman–Crippen LogP) is 2.46. The Morgan fingerprint density at radius 2 is 1.96 bits per heavy atom. The van der Waals surface area contributed by atoms with E-state index in [2.05, 4.69) is 42.7 Å². The standard InChI is InChI=1S/C19H25N7OS/c1-12-13(2)28-17(23-12)9-10-21-19(20-3)22-11-16-24-18(26-25-16)14-5-7-15(27-4)8-6-14/h5-8H,9-11H2,1-4H3,(H2,20,21,22)(H,24,25,26). The lowest BCUT2D eigenvalue weighted by molar-refractivity contribution is 0.415. The molecule has 1 aromatic carbocycles. The molecule has 0 amide bonds. The third-order valence-electron chi connectivity index (χ3n) is 4.23. The van der Waals surface area contributed by atoms with Crippen LogP contribution in [-0.2, 0) is 13.0 Å². The van der Waals surface area contributed by atoms with Crippen LogP contribution in [0, 0.1) is 13.8 Å². The number of aliphatic imine (C=N–C) groups is 1. The molecule has 28 heavy (non-hydrogen) atoms. The summed E-state index contributed by atoms with van der Waals surface area (Å²) in [5.74, 6) is 2.91. The lowest BCUT2D eigenvalue weighted by Gasteiger charge is -2.09. The number of nitrogens with zero attached hydrogens (tertiary/aromatic N) is 4. The molecule has 0 aliphatic heterocycles. The van der Waals surface area contributed by atoms with Gasteiger partial charge in [-0.05, 0) is 38.1 Å². The molecule has 0 aliphatic rings. The lowest BCUT2D eigenvalue weighted by atomic mass is 10.2. The maximum absolute atomic E-state index is 5.17. The van der Waals surface area contributed by atoms with Gasteiger partial charge in [0.2, 0.25) is 0 Å². The summed E-state index contributed by atoms with van der Waals surface area (Å²) >= 11 is 1.74. The van der Waals surface area contributed by atoms with Gasteiger partial charge >= 0.3 is 0 Å². The molecule has 0 spiro atoms. The number of H-pyrrole nitrogens is 1. The molecule has 0 radical (unpaired) electrons. The van der Waals surface area contributed by atoms with Crippen molar-refractivity contribution in [3.8, 4) is 17.1 Å². The number of aryl methyl sites for hydroxylation is 2. The predicted molar refractivity (Wildman–Crippen MR) is 112 cm³/mol. The number of ether oxygens (including phenoxy) is 1. The first-order chi connectivity index (χ1) is 13.6. The van der Waals surface area contributed by atoms with E-state index in [1.807, 2.05) is 31.2 Å². The first-order valence-electron chi connectivity index (χ1n) is 9.02. The van der Waals surface area contributed by atoms with E-state index in [1.165, 1.54) is 4.88 Å². The Morgan fingerprint density at radius 1 is 1.18 bits per heavy atom. The molecule has 3 aromatic rings. The van der Waals surface area contributed by atoms with Crippen molar-refractivity contribution in [2.75, 3.05) is 20.7 Å². The molecule has 0 aliphatic carbocycles. The van der Waals surface area contributed by atoms with Crippen LogP contribution in [0.1, 0.15) is 21.4 Å². The molecule has 0 fully saturated rings. The van der Waals surface area contributed by atoms with Crippen LogP contribution in [0.4, 0.5) is 0 Å². The largest absolute Gasteiger partial charge is 0.497 e. The van der Waals surface area contributed by atoms with Crippen LogP contribution in [0.2, 0.25) is 0 Å². The smallest absolute Gasteiger partial charge is 0.191 e. The Bertz CT molecular complexity index is 911. The summed E-state index contributed by atoms with van der Waals surface area (Å²) in [6.45, 7) is 5.40. The second-order valence-corrected chi connectivity index (χ2v) is 7.47. The van der Waals surface area contributed by atoms with E-state index >= 15 is 0 Å². The first kappa shape index (κ1) is 19.8. The first-order valence-corrected chi connectivity index (χ1v) is 9.84. The van der Waals surface area contributed by atoms with Crippen molar-refractivity contribution in [2.24, 2.45) is 4.99 Å². The highest BCUT2D eigenvalue weighted by molar-refractivity contribution is 7.11. The van der Waals surface area contributed by atoms with Crippen molar-refractivity contribution >= 4 is 17.3 Å². The highest BCUT2D eigenvalue weighted by Gasteiger charge is 2.08. The molecule has 2 heterocycles. The molecule has 0 bridgehead atoms. The third kappa shape index (κ3) is 5.07. The van der Waals surface area contributed by atoms with E-state index < -0.39 is 0 Å². The molecular weight excluding hydrogens is 374 g/mol. The zero-order chi connectivity index (χ0) is 19.9. The monoisotopic (exact) mass is 399 g/mol. The molecule has 0 saturated heterocycles. The molecule has 8 nitrogen and oxygen atoms in total. The fourth-order valence-electron chi connectivity index (χ4n) is 2.57. The Hall–Kier alpha value is -2.94. The van der Waals surface area contributed by atoms with Crippen molar-refractivity contribution in [1.82, 2.24) is 30.8 Å². The fraction of sp³-hybridized carbons (Fsp3) is 0.368. The minimum absolute atomic E-state index is 0.498.